The predicted octanol–water partition coefficient (Wildman–Crippen LogP) is 7.93. The SMILES string of the molecule is C=CCCC.F[B-](F)(F)F.N#[O+].[CH]1C=CC=C1.[Re].c1ccc(P(c2ccccc2)c2ccccc2)cc1. The van der Waals surface area contributed by atoms with Crippen LogP contribution in [0.4, 0.5) is 17.3 Å². The molecule has 4 rings (SSSR count). The molecule has 0 fully saturated rings. The van der Waals surface area contributed by atoms with Gasteiger partial charge in [0, 0.05) is 26.8 Å². The molecule has 0 bridgehead atoms. The maximum atomic E-state index is 9.75. The molecule has 0 unspecified atom stereocenters. The van der Waals surface area contributed by atoms with Gasteiger partial charge >= 0.3 is 17.5 Å². The van der Waals surface area contributed by atoms with Crippen LogP contribution < -0.4 is 15.9 Å². The predicted molar refractivity (Wildman–Crippen MR) is 145 cm³/mol. The molecule has 0 spiro atoms. The maximum absolute atomic E-state index is 9.75. The van der Waals surface area contributed by atoms with E-state index in [9.17, 15) is 17.3 Å². The van der Waals surface area contributed by atoms with Crippen molar-refractivity contribution in [1.29, 1.82) is 5.46 Å². The van der Waals surface area contributed by atoms with Crippen molar-refractivity contribution >= 4 is 31.1 Å². The van der Waals surface area contributed by atoms with Gasteiger partial charge in [0.05, 0.1) is 0 Å². The standard InChI is InChI=1S/C18H15P.C5H5.C5H10.BF4.NO.Re/c1-4-10-16(11-5-1)19(17-12-6-2-7-13-17)18-14-8-3-9-15-18;1-2-4-5-3-1;1-3-5-4-2;2-1(3,4)5;1-2;/h1-15H;1-5H;3H,1,4-5H2,2H3;;;/q;;;-1;+1;. The van der Waals surface area contributed by atoms with E-state index in [1.54, 1.807) is 0 Å². The molecule has 3 aromatic carbocycles. The summed E-state index contributed by atoms with van der Waals surface area (Å²) >= 11 is 0. The Hall–Kier alpha value is -2.57. The summed E-state index contributed by atoms with van der Waals surface area (Å²) in [5.41, 5.74) is 5.75. The van der Waals surface area contributed by atoms with E-state index in [0.29, 0.717) is 0 Å². The first kappa shape index (κ1) is 36.6. The Labute approximate surface area is 232 Å². The summed E-state index contributed by atoms with van der Waals surface area (Å²) in [5, 5.41) is 4.19. The second-order valence-electron chi connectivity index (χ2n) is 6.88. The molecule has 1 aliphatic rings. The Morgan fingerprint density at radius 3 is 1.16 bits per heavy atom. The van der Waals surface area contributed by atoms with Crippen LogP contribution in [-0.2, 0) is 25.2 Å². The van der Waals surface area contributed by atoms with E-state index >= 15 is 0 Å². The molecule has 0 amide bonds. The van der Waals surface area contributed by atoms with Crippen LogP contribution in [-0.4, -0.2) is 7.25 Å². The van der Waals surface area contributed by atoms with E-state index in [1.807, 2.05) is 36.8 Å². The number of hydrogen-bond acceptors (Lipinski definition) is 1. The van der Waals surface area contributed by atoms with E-state index in [-0.39, 0.29) is 20.4 Å². The van der Waals surface area contributed by atoms with Gasteiger partial charge in [0.15, 0.2) is 0 Å². The minimum atomic E-state index is -6.00. The van der Waals surface area contributed by atoms with Gasteiger partial charge in [0.25, 0.3) is 0 Å². The number of hydrogen-bond donors (Lipinski definition) is 0. The first-order valence-corrected chi connectivity index (χ1v) is 12.5. The summed E-state index contributed by atoms with van der Waals surface area (Å²) in [6.45, 7) is 5.69. The minimum absolute atomic E-state index is 0. The summed E-state index contributed by atoms with van der Waals surface area (Å²) in [4.78, 5) is 0. The topological polar surface area (TPSA) is 43.7 Å². The summed E-state index contributed by atoms with van der Waals surface area (Å²) in [6, 6.07) is 32.3. The van der Waals surface area contributed by atoms with Crippen molar-refractivity contribution in [1.82, 2.24) is 0 Å². The van der Waals surface area contributed by atoms with Crippen LogP contribution in [0.3, 0.4) is 0 Å². The molecule has 2 nitrogen and oxygen atoms in total. The fourth-order valence-corrected chi connectivity index (χ4v) is 5.01. The van der Waals surface area contributed by atoms with E-state index < -0.39 is 15.2 Å². The monoisotopic (exact) mass is 701 g/mol. The van der Waals surface area contributed by atoms with E-state index in [4.69, 9.17) is 10.2 Å². The molecule has 0 saturated heterocycles. The van der Waals surface area contributed by atoms with Crippen LogP contribution in [0.2, 0.25) is 0 Å². The molecule has 196 valence electrons. The zero-order chi connectivity index (χ0) is 27.1. The molecule has 0 aromatic heterocycles. The maximum Gasteiger partial charge on any atom is 0.00506 e. The molecule has 2 radical (unpaired) electrons. The van der Waals surface area contributed by atoms with Crippen LogP contribution in [0.25, 0.3) is 0 Å². The number of nitrogens with zero attached hydrogens (tertiary/aromatic N) is 1. The molecule has 9 heteroatoms. The Kier molecular flexibility index (Phi) is 23.5. The second-order valence-corrected chi connectivity index (χ2v) is 9.10. The van der Waals surface area contributed by atoms with E-state index in [2.05, 4.69) is 104 Å². The second kappa shape index (κ2) is 23.8. The third-order valence-corrected chi connectivity index (χ3v) is 6.54. The van der Waals surface area contributed by atoms with Gasteiger partial charge in [0.1, 0.15) is 0 Å². The molecule has 37 heavy (non-hydrogen) atoms. The van der Waals surface area contributed by atoms with Crippen molar-refractivity contribution < 1.29 is 42.5 Å². The van der Waals surface area contributed by atoms with Gasteiger partial charge in [-0.25, -0.2) is 0 Å². The van der Waals surface area contributed by atoms with Crippen LogP contribution in [0.15, 0.2) is 128 Å². The van der Waals surface area contributed by atoms with Crippen LogP contribution >= 0.6 is 7.92 Å². The average Bonchev–Trinajstić information content (AvgIpc) is 3.48. The fourth-order valence-electron chi connectivity index (χ4n) is 2.70. The van der Waals surface area contributed by atoms with Crippen molar-refractivity contribution in [3.63, 3.8) is 0 Å². The molecule has 0 aliphatic heterocycles. The van der Waals surface area contributed by atoms with Gasteiger partial charge in [-0.05, 0) is 30.3 Å². The van der Waals surface area contributed by atoms with Crippen molar-refractivity contribution in [2.75, 3.05) is 0 Å². The number of unbranched alkanes of at least 4 members (excludes halogenated alkanes) is 1. The quantitative estimate of drug-likeness (QED) is 0.0878. The molecule has 1 aliphatic carbocycles. The Morgan fingerprint density at radius 2 is 1.00 bits per heavy atom. The van der Waals surface area contributed by atoms with Crippen molar-refractivity contribution in [2.24, 2.45) is 0 Å². The Bertz CT molecular complexity index is 908. The number of allylic oxidation sites excluding steroid dienone is 5. The minimum Gasteiger partial charge on any atom is -0.0767 e. The van der Waals surface area contributed by atoms with Gasteiger partial charge in [-0.1, -0.05) is 135 Å². The summed E-state index contributed by atoms with van der Waals surface area (Å²) in [7, 11) is -6.45. The van der Waals surface area contributed by atoms with Crippen molar-refractivity contribution in [2.45, 2.75) is 19.8 Å². The smallest absolute Gasteiger partial charge is 0.00506 e. The molecule has 3 aromatic rings. The largest absolute Gasteiger partial charge is 0.0767 e. The Balaban J connectivity index is 0. The van der Waals surface area contributed by atoms with Crippen LogP contribution in [0.1, 0.15) is 19.8 Å². The fraction of sp³-hybridized carbons (Fsp3) is 0.107. The zero-order valence-corrected chi connectivity index (χ0v) is 24.1. The molecular weight excluding hydrogens is 670 g/mol. The van der Waals surface area contributed by atoms with E-state index in [1.165, 1.54) is 22.3 Å². The number of benzene rings is 3. The van der Waals surface area contributed by atoms with Gasteiger partial charge in [0.2, 0.25) is 0 Å². The third-order valence-electron chi connectivity index (χ3n) is 4.09. The zero-order valence-electron chi connectivity index (χ0n) is 20.5. The molecule has 0 atom stereocenters. The first-order chi connectivity index (χ1) is 17.4. The first-order valence-electron chi connectivity index (χ1n) is 11.1. The summed E-state index contributed by atoms with van der Waals surface area (Å²) in [5.74, 6) is 0. The van der Waals surface area contributed by atoms with Crippen LogP contribution in [0, 0.1) is 11.9 Å². The summed E-state index contributed by atoms with van der Waals surface area (Å²) < 4.78 is 46.2. The van der Waals surface area contributed by atoms with Gasteiger partial charge in [-0.2, -0.15) is 0 Å². The van der Waals surface area contributed by atoms with Gasteiger partial charge < -0.3 is 17.3 Å². The molecule has 0 N–H and O–H groups in total. The van der Waals surface area contributed by atoms with Crippen LogP contribution in [0.5, 0.6) is 0 Å². The van der Waals surface area contributed by atoms with Crippen molar-refractivity contribution in [3.05, 3.63) is 134 Å². The molecule has 0 heterocycles. The average molecular weight is 701 g/mol. The summed E-state index contributed by atoms with van der Waals surface area (Å²) in [6.07, 6.45) is 14.3. The Morgan fingerprint density at radius 1 is 0.703 bits per heavy atom. The number of halogens is 4. The van der Waals surface area contributed by atoms with Gasteiger partial charge in [-0.3, -0.25) is 0 Å². The molecular formula is C28H30BF4NOPRe. The normalized spacial score (nSPS) is 10.5. The third kappa shape index (κ3) is 20.2. The molecule has 0 saturated carbocycles. The number of rotatable bonds is 5. The van der Waals surface area contributed by atoms with Gasteiger partial charge in [-0.15, -0.1) is 6.58 Å². The van der Waals surface area contributed by atoms with E-state index in [0.717, 1.165) is 6.42 Å². The van der Waals surface area contributed by atoms with Crippen molar-refractivity contribution in [3.8, 4) is 0 Å².